The summed E-state index contributed by atoms with van der Waals surface area (Å²) in [5.41, 5.74) is -0.643. The second-order valence-electron chi connectivity index (χ2n) is 3.93. The van der Waals surface area contributed by atoms with E-state index in [4.69, 9.17) is 5.26 Å². The third kappa shape index (κ3) is 3.24. The first-order valence-corrected chi connectivity index (χ1v) is 7.94. The first kappa shape index (κ1) is 12.9. The molecule has 1 aromatic heterocycles. The Morgan fingerprint density at radius 1 is 1.65 bits per heavy atom. The molecule has 0 spiro atoms. The lowest BCUT2D eigenvalue weighted by Gasteiger charge is -2.20. The van der Waals surface area contributed by atoms with Gasteiger partial charge in [0.25, 0.3) is 0 Å². The average Bonchev–Trinajstić information content (AvgIpc) is 2.89. The van der Waals surface area contributed by atoms with Crippen LogP contribution in [0.4, 0.5) is 0 Å². The molecule has 1 aliphatic rings. The third-order valence-electron chi connectivity index (χ3n) is 2.58. The minimum Gasteiger partial charge on any atom is -0.337 e. The molecule has 1 saturated heterocycles. The average molecular weight is 331 g/mol. The van der Waals surface area contributed by atoms with E-state index in [9.17, 15) is 4.79 Å². The number of hydrogen-bond donors (Lipinski definition) is 1. The Balaban J connectivity index is 1.95. The number of rotatable bonds is 3. The molecule has 2 rings (SSSR count). The van der Waals surface area contributed by atoms with Crippen LogP contribution in [0.3, 0.4) is 0 Å². The predicted molar refractivity (Wildman–Crippen MR) is 74.2 cm³/mol. The summed E-state index contributed by atoms with van der Waals surface area (Å²) < 4.78 is 1.02. The van der Waals surface area contributed by atoms with Crippen LogP contribution in [0.2, 0.25) is 0 Å². The maximum Gasteiger partial charge on any atom is 0.226 e. The summed E-state index contributed by atoms with van der Waals surface area (Å²) >= 11 is 6.63. The highest BCUT2D eigenvalue weighted by molar-refractivity contribution is 9.11. The summed E-state index contributed by atoms with van der Waals surface area (Å²) in [6, 6.07) is 6.10. The topological polar surface area (TPSA) is 52.9 Å². The van der Waals surface area contributed by atoms with Crippen LogP contribution >= 0.6 is 39.0 Å². The lowest BCUT2D eigenvalue weighted by molar-refractivity contribution is -0.121. The summed E-state index contributed by atoms with van der Waals surface area (Å²) in [6.07, 6.45) is 1.10. The zero-order valence-electron chi connectivity index (χ0n) is 9.03. The fourth-order valence-electron chi connectivity index (χ4n) is 1.70. The van der Waals surface area contributed by atoms with E-state index in [1.807, 2.05) is 12.1 Å². The molecule has 90 valence electrons. The molecule has 1 atom stereocenters. The molecule has 0 aliphatic carbocycles. The second kappa shape index (κ2) is 5.42. The van der Waals surface area contributed by atoms with E-state index in [1.54, 1.807) is 23.1 Å². The Morgan fingerprint density at radius 2 is 2.47 bits per heavy atom. The highest BCUT2D eigenvalue weighted by Gasteiger charge is 2.35. The predicted octanol–water partition coefficient (Wildman–Crippen LogP) is 2.57. The molecule has 1 aromatic rings. The molecular weight excluding hydrogens is 320 g/mol. The van der Waals surface area contributed by atoms with Gasteiger partial charge in [0.05, 0.1) is 16.3 Å². The minimum absolute atomic E-state index is 0.0663. The van der Waals surface area contributed by atoms with Crippen molar-refractivity contribution in [2.45, 2.75) is 18.4 Å². The Kier molecular flexibility index (Phi) is 4.13. The first-order chi connectivity index (χ1) is 8.13. The molecular formula is C11H11BrN2OS2. The number of amides is 1. The van der Waals surface area contributed by atoms with Gasteiger partial charge < -0.3 is 5.32 Å². The quantitative estimate of drug-likeness (QED) is 0.926. The maximum atomic E-state index is 11.9. The van der Waals surface area contributed by atoms with Gasteiger partial charge in [-0.3, -0.25) is 4.79 Å². The van der Waals surface area contributed by atoms with Gasteiger partial charge in [-0.15, -0.1) is 11.3 Å². The monoisotopic (exact) mass is 330 g/mol. The standard InChI is InChI=1S/C11H11BrN2OS2/c12-9-2-1-8(17-9)5-10(15)14-11(6-13)3-4-16-7-11/h1-2H,3-5,7H2,(H,14,15)/t11-/m0/s1. The molecule has 0 unspecified atom stereocenters. The van der Waals surface area contributed by atoms with Crippen LogP contribution in [-0.4, -0.2) is 23.0 Å². The molecule has 0 aromatic carbocycles. The first-order valence-electron chi connectivity index (χ1n) is 5.18. The summed E-state index contributed by atoms with van der Waals surface area (Å²) in [5, 5.41) is 12.0. The molecule has 1 N–H and O–H groups in total. The van der Waals surface area contributed by atoms with E-state index < -0.39 is 5.54 Å². The highest BCUT2D eigenvalue weighted by Crippen LogP contribution is 2.28. The van der Waals surface area contributed by atoms with Crippen LogP contribution in [0, 0.1) is 11.3 Å². The Labute approximate surface area is 117 Å². The number of hydrogen-bond acceptors (Lipinski definition) is 4. The lowest BCUT2D eigenvalue weighted by atomic mass is 10.0. The van der Waals surface area contributed by atoms with Crippen molar-refractivity contribution in [1.82, 2.24) is 5.32 Å². The van der Waals surface area contributed by atoms with Gasteiger partial charge in [0.2, 0.25) is 5.91 Å². The summed E-state index contributed by atoms with van der Waals surface area (Å²) in [4.78, 5) is 12.9. The van der Waals surface area contributed by atoms with Gasteiger partial charge in [0, 0.05) is 10.6 Å². The Hall–Kier alpha value is -0.510. The van der Waals surface area contributed by atoms with E-state index >= 15 is 0 Å². The number of thiophene rings is 1. The molecule has 1 aliphatic heterocycles. The number of nitrogens with zero attached hydrogens (tertiary/aromatic N) is 1. The fraction of sp³-hybridized carbons (Fsp3) is 0.455. The van der Waals surface area contributed by atoms with Gasteiger partial charge in [-0.1, -0.05) is 0 Å². The molecule has 6 heteroatoms. The number of thioether (sulfide) groups is 1. The van der Waals surface area contributed by atoms with Crippen molar-refractivity contribution in [2.75, 3.05) is 11.5 Å². The van der Waals surface area contributed by atoms with Crippen molar-refractivity contribution in [3.8, 4) is 6.07 Å². The molecule has 2 heterocycles. The fourth-order valence-corrected chi connectivity index (χ4v) is 4.44. The van der Waals surface area contributed by atoms with Crippen molar-refractivity contribution >= 4 is 44.9 Å². The third-order valence-corrected chi connectivity index (χ3v) is 5.39. The lowest BCUT2D eigenvalue weighted by Crippen LogP contribution is -2.48. The Morgan fingerprint density at radius 3 is 3.00 bits per heavy atom. The Bertz CT molecular complexity index is 460. The van der Waals surface area contributed by atoms with Gasteiger partial charge >= 0.3 is 0 Å². The van der Waals surface area contributed by atoms with Crippen molar-refractivity contribution in [3.05, 3.63) is 20.8 Å². The SMILES string of the molecule is N#C[C@@]1(NC(=O)Cc2ccc(Br)s2)CCSC1. The number of nitrogens with one attached hydrogen (secondary N) is 1. The zero-order valence-corrected chi connectivity index (χ0v) is 12.3. The summed E-state index contributed by atoms with van der Waals surface area (Å²) in [7, 11) is 0. The zero-order chi connectivity index (χ0) is 12.3. The van der Waals surface area contributed by atoms with E-state index in [-0.39, 0.29) is 5.91 Å². The second-order valence-corrected chi connectivity index (χ2v) is 7.58. The van der Waals surface area contributed by atoms with E-state index in [2.05, 4.69) is 27.3 Å². The highest BCUT2D eigenvalue weighted by atomic mass is 79.9. The minimum atomic E-state index is -0.643. The van der Waals surface area contributed by atoms with E-state index in [0.29, 0.717) is 12.2 Å². The summed E-state index contributed by atoms with van der Waals surface area (Å²) in [6.45, 7) is 0. The van der Waals surface area contributed by atoms with Gasteiger partial charge in [0.1, 0.15) is 5.54 Å². The maximum absolute atomic E-state index is 11.9. The molecule has 0 bridgehead atoms. The van der Waals surface area contributed by atoms with Crippen molar-refractivity contribution < 1.29 is 4.79 Å². The van der Waals surface area contributed by atoms with Gasteiger partial charge in [-0.25, -0.2) is 0 Å². The van der Waals surface area contributed by atoms with Gasteiger partial charge in [0.15, 0.2) is 0 Å². The van der Waals surface area contributed by atoms with Crippen LogP contribution in [0.25, 0.3) is 0 Å². The van der Waals surface area contributed by atoms with Crippen molar-refractivity contribution in [1.29, 1.82) is 5.26 Å². The number of carbonyl (C=O) groups excluding carboxylic acids is 1. The van der Waals surface area contributed by atoms with E-state index in [1.165, 1.54) is 0 Å². The summed E-state index contributed by atoms with van der Waals surface area (Å²) in [5.74, 6) is 1.57. The van der Waals surface area contributed by atoms with Crippen LogP contribution in [0.1, 0.15) is 11.3 Å². The molecule has 17 heavy (non-hydrogen) atoms. The number of carbonyl (C=O) groups is 1. The van der Waals surface area contributed by atoms with Crippen molar-refractivity contribution in [2.24, 2.45) is 0 Å². The molecule has 1 fully saturated rings. The number of nitriles is 1. The molecule has 0 radical (unpaired) electrons. The largest absolute Gasteiger partial charge is 0.337 e. The van der Waals surface area contributed by atoms with Crippen LogP contribution in [0.15, 0.2) is 15.9 Å². The van der Waals surface area contributed by atoms with Gasteiger partial charge in [-0.05, 0) is 40.2 Å². The van der Waals surface area contributed by atoms with Crippen molar-refractivity contribution in [3.63, 3.8) is 0 Å². The van der Waals surface area contributed by atoms with Crippen LogP contribution in [0.5, 0.6) is 0 Å². The van der Waals surface area contributed by atoms with Crippen LogP contribution in [-0.2, 0) is 11.2 Å². The molecule has 3 nitrogen and oxygen atoms in total. The van der Waals surface area contributed by atoms with Gasteiger partial charge in [-0.2, -0.15) is 17.0 Å². The normalized spacial score (nSPS) is 23.3. The molecule has 1 amide bonds. The smallest absolute Gasteiger partial charge is 0.226 e. The molecule has 0 saturated carbocycles. The van der Waals surface area contributed by atoms with Crippen LogP contribution < -0.4 is 5.32 Å². The van der Waals surface area contributed by atoms with E-state index in [0.717, 1.165) is 20.8 Å². The number of halogens is 1.